The number of hydrogen-bond acceptors (Lipinski definition) is 3. The number of hydrogen-bond donors (Lipinski definition) is 1. The molecule has 3 heteroatoms. The Morgan fingerprint density at radius 3 is 2.50 bits per heavy atom. The van der Waals surface area contributed by atoms with Gasteiger partial charge in [0.05, 0.1) is 10.7 Å². The summed E-state index contributed by atoms with van der Waals surface area (Å²) >= 11 is 1.88. The molecular formula is C15H26N2S. The molecule has 0 amide bonds. The third-order valence-electron chi connectivity index (χ3n) is 3.80. The van der Waals surface area contributed by atoms with E-state index in [1.165, 1.54) is 41.4 Å². The molecule has 0 radical (unpaired) electrons. The fourth-order valence-corrected chi connectivity index (χ4v) is 3.41. The van der Waals surface area contributed by atoms with Crippen molar-refractivity contribution < 1.29 is 0 Å². The molecule has 0 aliphatic heterocycles. The van der Waals surface area contributed by atoms with Crippen LogP contribution in [0.3, 0.4) is 0 Å². The zero-order valence-corrected chi connectivity index (χ0v) is 13.2. The predicted molar refractivity (Wildman–Crippen MR) is 79.3 cm³/mol. The number of aryl methyl sites for hydroxylation is 1. The molecule has 0 spiro atoms. The van der Waals surface area contributed by atoms with Crippen molar-refractivity contribution in [1.82, 2.24) is 10.3 Å². The number of rotatable bonds is 4. The smallest absolute Gasteiger partial charge is 0.0985 e. The highest BCUT2D eigenvalue weighted by Gasteiger charge is 2.23. The third kappa shape index (κ3) is 3.12. The second-order valence-electron chi connectivity index (χ2n) is 6.65. The van der Waals surface area contributed by atoms with E-state index in [0.29, 0.717) is 6.04 Å². The zero-order valence-electron chi connectivity index (χ0n) is 12.3. The summed E-state index contributed by atoms with van der Waals surface area (Å²) in [5, 5.41) is 4.93. The van der Waals surface area contributed by atoms with Gasteiger partial charge in [0.15, 0.2) is 0 Å². The summed E-state index contributed by atoms with van der Waals surface area (Å²) in [4.78, 5) is 6.16. The van der Waals surface area contributed by atoms with E-state index in [-0.39, 0.29) is 5.41 Å². The van der Waals surface area contributed by atoms with E-state index < -0.39 is 0 Å². The van der Waals surface area contributed by atoms with Crippen LogP contribution in [0, 0.1) is 12.8 Å². The number of aromatic nitrogens is 1. The highest BCUT2D eigenvalue weighted by molar-refractivity contribution is 7.12. The van der Waals surface area contributed by atoms with Crippen LogP contribution in [-0.2, 0) is 5.41 Å². The average molecular weight is 266 g/mol. The normalized spacial score (nSPS) is 18.7. The van der Waals surface area contributed by atoms with Gasteiger partial charge in [-0.3, -0.25) is 0 Å². The first-order valence-electron chi connectivity index (χ1n) is 7.09. The van der Waals surface area contributed by atoms with E-state index >= 15 is 0 Å². The van der Waals surface area contributed by atoms with Crippen molar-refractivity contribution in [3.05, 3.63) is 15.6 Å². The van der Waals surface area contributed by atoms with E-state index in [2.05, 4.69) is 39.9 Å². The van der Waals surface area contributed by atoms with Crippen LogP contribution in [0.5, 0.6) is 0 Å². The highest BCUT2D eigenvalue weighted by Crippen LogP contribution is 2.33. The summed E-state index contributed by atoms with van der Waals surface area (Å²) in [7, 11) is 0. The van der Waals surface area contributed by atoms with Crippen molar-refractivity contribution in [3.63, 3.8) is 0 Å². The second kappa shape index (κ2) is 5.30. The molecule has 2 nitrogen and oxygen atoms in total. The van der Waals surface area contributed by atoms with E-state index in [1.807, 2.05) is 11.3 Å². The number of thiazole rings is 1. The van der Waals surface area contributed by atoms with Crippen LogP contribution in [0.1, 0.15) is 68.6 Å². The molecule has 1 aliphatic rings. The van der Waals surface area contributed by atoms with Crippen LogP contribution in [-0.4, -0.2) is 11.5 Å². The van der Waals surface area contributed by atoms with Crippen LogP contribution < -0.4 is 5.32 Å². The monoisotopic (exact) mass is 266 g/mol. The molecule has 0 saturated heterocycles. The summed E-state index contributed by atoms with van der Waals surface area (Å²) in [6.07, 6.45) is 4.25. The van der Waals surface area contributed by atoms with Crippen LogP contribution in [0.25, 0.3) is 0 Å². The first kappa shape index (κ1) is 14.0. The molecule has 0 bridgehead atoms. The summed E-state index contributed by atoms with van der Waals surface area (Å²) in [5.41, 5.74) is 1.38. The van der Waals surface area contributed by atoms with Gasteiger partial charge in [0.25, 0.3) is 0 Å². The lowest BCUT2D eigenvalue weighted by Gasteiger charge is -2.27. The minimum atomic E-state index is 0.168. The predicted octanol–water partition coefficient (Wildman–Crippen LogP) is 4.20. The SMILES string of the molecule is Cc1nc(C(C)(C)C)sc1C(C)NCC1CCC1. The largest absolute Gasteiger partial charge is 0.309 e. The zero-order chi connectivity index (χ0) is 13.3. The molecule has 1 atom stereocenters. The Morgan fingerprint density at radius 1 is 1.39 bits per heavy atom. The average Bonchev–Trinajstić information content (AvgIpc) is 2.57. The quantitative estimate of drug-likeness (QED) is 0.883. The van der Waals surface area contributed by atoms with Crippen molar-refractivity contribution in [2.24, 2.45) is 5.92 Å². The highest BCUT2D eigenvalue weighted by atomic mass is 32.1. The van der Waals surface area contributed by atoms with Gasteiger partial charge < -0.3 is 5.32 Å². The Balaban J connectivity index is 2.00. The standard InChI is InChI=1S/C15H26N2S/c1-10(16-9-12-7-6-8-12)13-11(2)17-14(18-13)15(3,4)5/h10,12,16H,6-9H2,1-5H3. The Kier molecular flexibility index (Phi) is 4.12. The molecule has 1 heterocycles. The van der Waals surface area contributed by atoms with Gasteiger partial charge in [-0.05, 0) is 39.2 Å². The van der Waals surface area contributed by atoms with Crippen LogP contribution in [0.2, 0.25) is 0 Å². The molecule has 1 N–H and O–H groups in total. The first-order valence-corrected chi connectivity index (χ1v) is 7.90. The van der Waals surface area contributed by atoms with Crippen molar-refractivity contribution in [3.8, 4) is 0 Å². The molecule has 1 aliphatic carbocycles. The fraction of sp³-hybridized carbons (Fsp3) is 0.800. The molecular weight excluding hydrogens is 240 g/mol. The molecule has 1 aromatic rings. The summed E-state index contributed by atoms with van der Waals surface area (Å²) in [6.45, 7) is 12.3. The van der Waals surface area contributed by atoms with Gasteiger partial charge in [-0.15, -0.1) is 11.3 Å². The van der Waals surface area contributed by atoms with E-state index in [9.17, 15) is 0 Å². The Hall–Kier alpha value is -0.410. The van der Waals surface area contributed by atoms with Gasteiger partial charge in [-0.25, -0.2) is 4.98 Å². The lowest BCUT2D eigenvalue weighted by atomic mass is 9.85. The Bertz CT molecular complexity index is 399. The van der Waals surface area contributed by atoms with E-state index in [0.717, 1.165) is 5.92 Å². The minimum absolute atomic E-state index is 0.168. The topological polar surface area (TPSA) is 24.9 Å². The van der Waals surface area contributed by atoms with Crippen molar-refractivity contribution in [1.29, 1.82) is 0 Å². The molecule has 0 aromatic carbocycles. The van der Waals surface area contributed by atoms with Crippen LogP contribution in [0.4, 0.5) is 0 Å². The maximum atomic E-state index is 4.74. The summed E-state index contributed by atoms with van der Waals surface area (Å²) in [5.74, 6) is 0.919. The maximum Gasteiger partial charge on any atom is 0.0985 e. The van der Waals surface area contributed by atoms with Crippen molar-refractivity contribution in [2.75, 3.05) is 6.54 Å². The number of nitrogens with zero attached hydrogens (tertiary/aromatic N) is 1. The van der Waals surface area contributed by atoms with Crippen LogP contribution >= 0.6 is 11.3 Å². The second-order valence-corrected chi connectivity index (χ2v) is 7.68. The molecule has 1 fully saturated rings. The molecule has 1 unspecified atom stereocenters. The number of nitrogens with one attached hydrogen (secondary N) is 1. The van der Waals surface area contributed by atoms with Gasteiger partial charge in [0.1, 0.15) is 0 Å². The van der Waals surface area contributed by atoms with Gasteiger partial charge in [0, 0.05) is 16.3 Å². The first-order chi connectivity index (χ1) is 8.38. The lowest BCUT2D eigenvalue weighted by Crippen LogP contribution is -2.29. The van der Waals surface area contributed by atoms with E-state index in [1.54, 1.807) is 0 Å². The Labute approximate surface area is 115 Å². The molecule has 2 rings (SSSR count). The molecule has 102 valence electrons. The molecule has 18 heavy (non-hydrogen) atoms. The molecule has 1 aromatic heterocycles. The lowest BCUT2D eigenvalue weighted by molar-refractivity contribution is 0.293. The summed E-state index contributed by atoms with van der Waals surface area (Å²) < 4.78 is 0. The minimum Gasteiger partial charge on any atom is -0.309 e. The van der Waals surface area contributed by atoms with Gasteiger partial charge >= 0.3 is 0 Å². The fourth-order valence-electron chi connectivity index (χ4n) is 2.26. The maximum absolute atomic E-state index is 4.74. The van der Waals surface area contributed by atoms with Crippen molar-refractivity contribution in [2.45, 2.75) is 65.3 Å². The van der Waals surface area contributed by atoms with Crippen molar-refractivity contribution >= 4 is 11.3 Å². The Morgan fingerprint density at radius 2 is 2.06 bits per heavy atom. The van der Waals surface area contributed by atoms with E-state index in [4.69, 9.17) is 4.98 Å². The van der Waals surface area contributed by atoms with Gasteiger partial charge in [-0.2, -0.15) is 0 Å². The van der Waals surface area contributed by atoms with Gasteiger partial charge in [0.2, 0.25) is 0 Å². The van der Waals surface area contributed by atoms with Gasteiger partial charge in [-0.1, -0.05) is 27.2 Å². The molecule has 1 saturated carbocycles. The van der Waals surface area contributed by atoms with Crippen LogP contribution in [0.15, 0.2) is 0 Å². The third-order valence-corrected chi connectivity index (χ3v) is 5.57. The summed E-state index contributed by atoms with van der Waals surface area (Å²) in [6, 6.07) is 0.444.